The Hall–Kier alpha value is -0.820. The van der Waals surface area contributed by atoms with Gasteiger partial charge in [-0.25, -0.2) is 0 Å². The minimum absolute atomic E-state index is 0.288. The predicted octanol–water partition coefficient (Wildman–Crippen LogP) is 4.50. The van der Waals surface area contributed by atoms with Crippen LogP contribution in [0.4, 0.5) is 0 Å². The zero-order chi connectivity index (χ0) is 12.8. The van der Waals surface area contributed by atoms with E-state index in [2.05, 4.69) is 49.9 Å². The quantitative estimate of drug-likeness (QED) is 0.739. The Morgan fingerprint density at radius 1 is 1.06 bits per heavy atom. The molecule has 0 radical (unpaired) electrons. The summed E-state index contributed by atoms with van der Waals surface area (Å²) in [6.45, 7) is 8.28. The minimum atomic E-state index is 0.288. The second kappa shape index (κ2) is 4.38. The maximum Gasteiger partial charge on any atom is 0.0353 e. The Morgan fingerprint density at radius 2 is 1.78 bits per heavy atom. The highest BCUT2D eigenvalue weighted by atomic mass is 15.2. The molecule has 1 saturated carbocycles. The number of hydrogen-bond acceptors (Lipinski definition) is 1. The van der Waals surface area contributed by atoms with E-state index in [0.29, 0.717) is 6.04 Å². The molecular formula is C17H25N. The van der Waals surface area contributed by atoms with Crippen molar-refractivity contribution >= 4 is 0 Å². The zero-order valence-corrected chi connectivity index (χ0v) is 11.9. The number of nitrogens with zero attached hydrogens (tertiary/aromatic N) is 1. The van der Waals surface area contributed by atoms with Gasteiger partial charge in [0.25, 0.3) is 0 Å². The van der Waals surface area contributed by atoms with Crippen molar-refractivity contribution in [2.75, 3.05) is 6.54 Å². The molecule has 1 aromatic carbocycles. The van der Waals surface area contributed by atoms with E-state index in [9.17, 15) is 0 Å². The van der Waals surface area contributed by atoms with Crippen LogP contribution in [0.1, 0.15) is 69.5 Å². The molecule has 1 atom stereocenters. The van der Waals surface area contributed by atoms with Gasteiger partial charge in [-0.05, 0) is 70.0 Å². The summed E-state index contributed by atoms with van der Waals surface area (Å²) in [7, 11) is 0. The first-order valence-corrected chi connectivity index (χ1v) is 7.42. The second-order valence-corrected chi connectivity index (χ2v) is 6.97. The van der Waals surface area contributed by atoms with Crippen molar-refractivity contribution in [3.63, 3.8) is 0 Å². The van der Waals surface area contributed by atoms with Crippen molar-refractivity contribution in [1.82, 2.24) is 4.90 Å². The van der Waals surface area contributed by atoms with Gasteiger partial charge < -0.3 is 0 Å². The lowest BCUT2D eigenvalue weighted by molar-refractivity contribution is 0.121. The first-order chi connectivity index (χ1) is 8.55. The van der Waals surface area contributed by atoms with Gasteiger partial charge in [0.1, 0.15) is 0 Å². The maximum atomic E-state index is 2.68. The Kier molecular flexibility index (Phi) is 2.97. The van der Waals surface area contributed by atoms with Crippen LogP contribution in [-0.2, 0) is 0 Å². The summed E-state index contributed by atoms with van der Waals surface area (Å²) in [6, 6.07) is 10.0. The molecule has 1 aromatic rings. The SMILES string of the molecule is CC(C)(C)N1CCCC1c1cccc(C2CC2)c1. The van der Waals surface area contributed by atoms with Crippen LogP contribution >= 0.6 is 0 Å². The number of likely N-dealkylation sites (tertiary alicyclic amines) is 1. The van der Waals surface area contributed by atoms with Crippen molar-refractivity contribution in [3.8, 4) is 0 Å². The van der Waals surface area contributed by atoms with Gasteiger partial charge in [-0.1, -0.05) is 24.3 Å². The Morgan fingerprint density at radius 3 is 2.44 bits per heavy atom. The highest BCUT2D eigenvalue weighted by Crippen LogP contribution is 2.42. The summed E-state index contributed by atoms with van der Waals surface area (Å²) in [5.74, 6) is 0.870. The molecule has 0 N–H and O–H groups in total. The molecule has 1 unspecified atom stereocenters. The first kappa shape index (κ1) is 12.2. The van der Waals surface area contributed by atoms with Crippen molar-refractivity contribution < 1.29 is 0 Å². The van der Waals surface area contributed by atoms with Crippen LogP contribution in [0.25, 0.3) is 0 Å². The average Bonchev–Trinajstić information content (AvgIpc) is 3.04. The van der Waals surface area contributed by atoms with E-state index in [0.717, 1.165) is 5.92 Å². The lowest BCUT2D eigenvalue weighted by Crippen LogP contribution is -2.40. The lowest BCUT2D eigenvalue weighted by atomic mass is 9.97. The van der Waals surface area contributed by atoms with E-state index >= 15 is 0 Å². The molecule has 1 heteroatoms. The monoisotopic (exact) mass is 243 g/mol. The van der Waals surface area contributed by atoms with E-state index in [-0.39, 0.29) is 5.54 Å². The van der Waals surface area contributed by atoms with Gasteiger partial charge in [-0.15, -0.1) is 0 Å². The van der Waals surface area contributed by atoms with Crippen LogP contribution in [-0.4, -0.2) is 17.0 Å². The Labute approximate surface area is 111 Å². The summed E-state index contributed by atoms with van der Waals surface area (Å²) in [5, 5.41) is 0. The van der Waals surface area contributed by atoms with Gasteiger partial charge in [0.15, 0.2) is 0 Å². The fraction of sp³-hybridized carbons (Fsp3) is 0.647. The van der Waals surface area contributed by atoms with Crippen molar-refractivity contribution in [1.29, 1.82) is 0 Å². The van der Waals surface area contributed by atoms with Gasteiger partial charge >= 0.3 is 0 Å². The number of hydrogen-bond donors (Lipinski definition) is 0. The van der Waals surface area contributed by atoms with Crippen LogP contribution in [0.2, 0.25) is 0 Å². The Bertz CT molecular complexity index is 425. The zero-order valence-electron chi connectivity index (χ0n) is 11.9. The molecule has 0 amide bonds. The molecule has 0 spiro atoms. The van der Waals surface area contributed by atoms with Crippen LogP contribution in [0.15, 0.2) is 24.3 Å². The third-order valence-corrected chi connectivity index (χ3v) is 4.46. The van der Waals surface area contributed by atoms with Crippen molar-refractivity contribution in [2.45, 2.75) is 64.0 Å². The molecule has 3 rings (SSSR count). The summed E-state index contributed by atoms with van der Waals surface area (Å²) < 4.78 is 0. The van der Waals surface area contributed by atoms with E-state index in [1.165, 1.54) is 32.2 Å². The van der Waals surface area contributed by atoms with E-state index in [1.807, 2.05) is 0 Å². The molecule has 1 aliphatic carbocycles. The van der Waals surface area contributed by atoms with Crippen LogP contribution in [0, 0.1) is 0 Å². The third kappa shape index (κ3) is 2.33. The van der Waals surface area contributed by atoms with Crippen LogP contribution in [0.5, 0.6) is 0 Å². The van der Waals surface area contributed by atoms with Gasteiger partial charge in [-0.3, -0.25) is 4.90 Å². The molecule has 1 aliphatic heterocycles. The topological polar surface area (TPSA) is 3.24 Å². The molecule has 2 aliphatic rings. The molecular weight excluding hydrogens is 218 g/mol. The van der Waals surface area contributed by atoms with Crippen LogP contribution in [0.3, 0.4) is 0 Å². The van der Waals surface area contributed by atoms with E-state index in [4.69, 9.17) is 0 Å². The highest BCUT2D eigenvalue weighted by Gasteiger charge is 2.34. The van der Waals surface area contributed by atoms with E-state index < -0.39 is 0 Å². The van der Waals surface area contributed by atoms with E-state index in [1.54, 1.807) is 11.1 Å². The fourth-order valence-electron chi connectivity index (χ4n) is 3.35. The molecule has 0 bridgehead atoms. The molecule has 1 heterocycles. The first-order valence-electron chi connectivity index (χ1n) is 7.42. The van der Waals surface area contributed by atoms with Gasteiger partial charge in [-0.2, -0.15) is 0 Å². The summed E-state index contributed by atoms with van der Waals surface area (Å²) in [4.78, 5) is 2.68. The molecule has 2 fully saturated rings. The molecule has 98 valence electrons. The van der Waals surface area contributed by atoms with Crippen LogP contribution < -0.4 is 0 Å². The summed E-state index contributed by atoms with van der Waals surface area (Å²) in [5.41, 5.74) is 3.41. The smallest absolute Gasteiger partial charge is 0.0353 e. The minimum Gasteiger partial charge on any atom is -0.291 e. The van der Waals surface area contributed by atoms with Crippen molar-refractivity contribution in [3.05, 3.63) is 35.4 Å². The van der Waals surface area contributed by atoms with Gasteiger partial charge in [0, 0.05) is 11.6 Å². The standard InChI is InChI=1S/C17H25N/c1-17(2,3)18-11-5-8-16(18)15-7-4-6-14(12-15)13-9-10-13/h4,6-7,12-13,16H,5,8-11H2,1-3H3. The van der Waals surface area contributed by atoms with Gasteiger partial charge in [0.2, 0.25) is 0 Å². The number of benzene rings is 1. The molecule has 18 heavy (non-hydrogen) atoms. The normalized spacial score (nSPS) is 25.6. The highest BCUT2D eigenvalue weighted by molar-refractivity contribution is 5.31. The summed E-state index contributed by atoms with van der Waals surface area (Å²) in [6.07, 6.45) is 5.47. The van der Waals surface area contributed by atoms with Crippen molar-refractivity contribution in [2.24, 2.45) is 0 Å². The predicted molar refractivity (Wildman–Crippen MR) is 76.9 cm³/mol. The molecule has 1 nitrogen and oxygen atoms in total. The van der Waals surface area contributed by atoms with Gasteiger partial charge in [0.05, 0.1) is 0 Å². The lowest BCUT2D eigenvalue weighted by Gasteiger charge is -2.37. The Balaban J connectivity index is 1.86. The molecule has 0 aromatic heterocycles. The molecule has 1 saturated heterocycles. The fourth-order valence-corrected chi connectivity index (χ4v) is 3.35. The second-order valence-electron chi connectivity index (χ2n) is 6.97. The maximum absolute atomic E-state index is 2.68. The largest absolute Gasteiger partial charge is 0.291 e. The average molecular weight is 243 g/mol. The third-order valence-electron chi connectivity index (χ3n) is 4.46. The summed E-state index contributed by atoms with van der Waals surface area (Å²) >= 11 is 0. The number of rotatable bonds is 2.